The number of aryl methyl sites for hydroxylation is 2. The summed E-state index contributed by atoms with van der Waals surface area (Å²) in [5.74, 6) is -0.796. The van der Waals surface area contributed by atoms with E-state index < -0.39 is 11.8 Å². The zero-order valence-corrected chi connectivity index (χ0v) is 19.0. The van der Waals surface area contributed by atoms with Gasteiger partial charge in [-0.3, -0.25) is 14.6 Å². The Labute approximate surface area is 185 Å². The predicted octanol–water partition coefficient (Wildman–Crippen LogP) is 4.29. The highest BCUT2D eigenvalue weighted by Crippen LogP contribution is 2.36. The lowest BCUT2D eigenvalue weighted by Gasteiger charge is -2.38. The van der Waals surface area contributed by atoms with Crippen molar-refractivity contribution in [2.45, 2.75) is 39.7 Å². The Morgan fingerprint density at radius 2 is 2.00 bits per heavy atom. The lowest BCUT2D eigenvalue weighted by molar-refractivity contribution is -0.146. The molecule has 1 aliphatic heterocycles. The van der Waals surface area contributed by atoms with Gasteiger partial charge in [0, 0.05) is 19.3 Å². The first-order valence-electron chi connectivity index (χ1n) is 10.5. The van der Waals surface area contributed by atoms with Crippen molar-refractivity contribution in [3.63, 3.8) is 0 Å². The lowest BCUT2D eigenvalue weighted by Crippen LogP contribution is -2.46. The third-order valence-corrected chi connectivity index (χ3v) is 6.93. The summed E-state index contributed by atoms with van der Waals surface area (Å²) in [5, 5.41) is 6.66. The normalized spacial score (nSPS) is 18.8. The van der Waals surface area contributed by atoms with E-state index in [-0.39, 0.29) is 6.04 Å². The lowest BCUT2D eigenvalue weighted by atomic mass is 9.89. The molecule has 8 heteroatoms. The van der Waals surface area contributed by atoms with Crippen LogP contribution in [0.15, 0.2) is 30.5 Å². The summed E-state index contributed by atoms with van der Waals surface area (Å²) in [6.45, 7) is 6.50. The molecule has 0 radical (unpaired) electrons. The van der Waals surface area contributed by atoms with Gasteiger partial charge in [0.2, 0.25) is 0 Å². The number of fused-ring (bicyclic) bond motifs is 1. The van der Waals surface area contributed by atoms with E-state index in [0.29, 0.717) is 18.2 Å². The van der Waals surface area contributed by atoms with Crippen LogP contribution in [0.2, 0.25) is 0 Å². The summed E-state index contributed by atoms with van der Waals surface area (Å²) in [7, 11) is 1.85. The molecule has 162 valence electrons. The van der Waals surface area contributed by atoms with Gasteiger partial charge in [0.15, 0.2) is 5.13 Å². The van der Waals surface area contributed by atoms with Gasteiger partial charge in [-0.2, -0.15) is 0 Å². The molecular formula is C23H27N5O2S. The van der Waals surface area contributed by atoms with Gasteiger partial charge in [0.25, 0.3) is 0 Å². The maximum absolute atomic E-state index is 13.2. The summed E-state index contributed by atoms with van der Waals surface area (Å²) >= 11 is 1.60. The largest absolute Gasteiger partial charge is 0.365 e. The van der Waals surface area contributed by atoms with Crippen molar-refractivity contribution in [3.05, 3.63) is 47.3 Å². The van der Waals surface area contributed by atoms with Gasteiger partial charge < -0.3 is 15.5 Å². The number of pyridine rings is 1. The molecule has 2 amide bonds. The van der Waals surface area contributed by atoms with E-state index in [1.54, 1.807) is 22.4 Å². The van der Waals surface area contributed by atoms with Crippen LogP contribution in [0.5, 0.6) is 0 Å². The molecule has 1 saturated heterocycles. The van der Waals surface area contributed by atoms with Crippen LogP contribution < -0.4 is 10.6 Å². The van der Waals surface area contributed by atoms with Gasteiger partial charge in [-0.15, -0.1) is 0 Å². The monoisotopic (exact) mass is 437 g/mol. The molecular weight excluding hydrogens is 410 g/mol. The number of carbonyl (C=O) groups excluding carboxylic acids is 2. The molecule has 1 aliphatic rings. The molecule has 0 spiro atoms. The summed E-state index contributed by atoms with van der Waals surface area (Å²) in [6, 6.07) is 7.82. The van der Waals surface area contributed by atoms with E-state index in [1.807, 2.05) is 45.2 Å². The molecule has 1 fully saturated rings. The summed E-state index contributed by atoms with van der Waals surface area (Å²) in [4.78, 5) is 36.5. The average Bonchev–Trinajstić information content (AvgIpc) is 3.18. The number of rotatable bonds is 3. The molecule has 2 atom stereocenters. The highest BCUT2D eigenvalue weighted by Gasteiger charge is 2.34. The van der Waals surface area contributed by atoms with Crippen LogP contribution in [0, 0.1) is 19.8 Å². The van der Waals surface area contributed by atoms with Crippen molar-refractivity contribution in [1.29, 1.82) is 0 Å². The molecule has 0 saturated carbocycles. The molecule has 3 aromatic rings. The Morgan fingerprint density at radius 1 is 1.19 bits per heavy atom. The van der Waals surface area contributed by atoms with Crippen molar-refractivity contribution in [3.8, 4) is 0 Å². The molecule has 7 nitrogen and oxygen atoms in total. The molecule has 1 aromatic carbocycles. The zero-order valence-electron chi connectivity index (χ0n) is 18.2. The fourth-order valence-electron chi connectivity index (χ4n) is 4.01. The Bertz CT molecular complexity index is 1140. The fraction of sp³-hybridized carbons (Fsp3) is 0.391. The molecule has 0 bridgehead atoms. The Kier molecular flexibility index (Phi) is 5.91. The topological polar surface area (TPSA) is 87.2 Å². The van der Waals surface area contributed by atoms with E-state index >= 15 is 0 Å². The molecule has 31 heavy (non-hydrogen) atoms. The Morgan fingerprint density at radius 3 is 2.74 bits per heavy atom. The first kappa shape index (κ1) is 21.2. The predicted molar refractivity (Wildman–Crippen MR) is 124 cm³/mol. The minimum absolute atomic E-state index is 0.142. The molecule has 3 heterocycles. The van der Waals surface area contributed by atoms with Crippen LogP contribution in [0.1, 0.15) is 42.6 Å². The third kappa shape index (κ3) is 4.39. The van der Waals surface area contributed by atoms with Crippen LogP contribution in [-0.2, 0) is 9.59 Å². The number of aromatic nitrogens is 2. The standard InChI is InChI=1S/C23H27N5O2S/c1-13-5-7-19(16-6-8-20-18(10-16)27-23(24-4)31-20)28(12-13)22(30)21(29)26-17-9-14(2)15(3)25-11-17/h6,8-11,13,19H,5,7,12H2,1-4H3,(H,24,27)(H,26,29). The minimum atomic E-state index is -0.628. The maximum atomic E-state index is 13.2. The molecule has 2 aromatic heterocycles. The number of carbonyl (C=O) groups is 2. The Balaban J connectivity index is 1.58. The number of thiazole rings is 1. The molecule has 4 rings (SSSR count). The van der Waals surface area contributed by atoms with Crippen LogP contribution in [0.3, 0.4) is 0 Å². The van der Waals surface area contributed by atoms with E-state index in [1.165, 1.54) is 0 Å². The van der Waals surface area contributed by atoms with E-state index in [2.05, 4.69) is 27.5 Å². The Hall–Kier alpha value is -3.00. The van der Waals surface area contributed by atoms with Crippen molar-refractivity contribution in [2.75, 3.05) is 24.2 Å². The maximum Gasteiger partial charge on any atom is 0.313 e. The van der Waals surface area contributed by atoms with Gasteiger partial charge in [-0.25, -0.2) is 4.98 Å². The number of piperidine rings is 1. The average molecular weight is 438 g/mol. The number of nitrogens with zero attached hydrogens (tertiary/aromatic N) is 3. The SMILES string of the molecule is CNc1nc2cc(C3CCC(C)CN3C(=O)C(=O)Nc3cnc(C)c(C)c3)ccc2s1. The van der Waals surface area contributed by atoms with Crippen molar-refractivity contribution >= 4 is 44.2 Å². The number of hydrogen-bond acceptors (Lipinski definition) is 6. The van der Waals surface area contributed by atoms with Gasteiger partial charge in [0.05, 0.1) is 28.1 Å². The number of anilines is 2. The zero-order chi connectivity index (χ0) is 22.1. The second-order valence-corrected chi connectivity index (χ2v) is 9.26. The van der Waals surface area contributed by atoms with Crippen molar-refractivity contribution < 1.29 is 9.59 Å². The third-order valence-electron chi connectivity index (χ3n) is 5.88. The first-order valence-corrected chi connectivity index (χ1v) is 11.3. The summed E-state index contributed by atoms with van der Waals surface area (Å²) < 4.78 is 1.09. The van der Waals surface area contributed by atoms with Crippen molar-refractivity contribution in [1.82, 2.24) is 14.9 Å². The van der Waals surface area contributed by atoms with Crippen LogP contribution in [-0.4, -0.2) is 40.3 Å². The smallest absolute Gasteiger partial charge is 0.313 e. The number of benzene rings is 1. The van der Waals surface area contributed by atoms with Crippen molar-refractivity contribution in [2.24, 2.45) is 5.92 Å². The molecule has 2 unspecified atom stereocenters. The number of nitrogens with one attached hydrogen (secondary N) is 2. The van der Waals surface area contributed by atoms with Crippen LogP contribution in [0.4, 0.5) is 10.8 Å². The highest BCUT2D eigenvalue weighted by atomic mass is 32.1. The highest BCUT2D eigenvalue weighted by molar-refractivity contribution is 7.22. The van der Waals surface area contributed by atoms with E-state index in [4.69, 9.17) is 0 Å². The first-order chi connectivity index (χ1) is 14.9. The number of likely N-dealkylation sites (tertiary alicyclic amines) is 1. The van der Waals surface area contributed by atoms with Crippen LogP contribution in [0.25, 0.3) is 10.2 Å². The van der Waals surface area contributed by atoms with E-state index in [9.17, 15) is 9.59 Å². The van der Waals surface area contributed by atoms with E-state index in [0.717, 1.165) is 45.0 Å². The minimum Gasteiger partial charge on any atom is -0.365 e. The number of hydrogen-bond donors (Lipinski definition) is 2. The number of amides is 2. The second kappa shape index (κ2) is 8.63. The van der Waals surface area contributed by atoms with Gasteiger partial charge in [-0.05, 0) is 61.9 Å². The molecule has 2 N–H and O–H groups in total. The summed E-state index contributed by atoms with van der Waals surface area (Å²) in [6.07, 6.45) is 3.41. The summed E-state index contributed by atoms with van der Waals surface area (Å²) in [5.41, 5.74) is 4.32. The van der Waals surface area contributed by atoms with Gasteiger partial charge >= 0.3 is 11.8 Å². The quantitative estimate of drug-likeness (QED) is 0.597. The molecule has 0 aliphatic carbocycles. The fourth-order valence-corrected chi connectivity index (χ4v) is 4.81. The van der Waals surface area contributed by atoms with Gasteiger partial charge in [-0.1, -0.05) is 24.3 Å². The van der Waals surface area contributed by atoms with Gasteiger partial charge in [0.1, 0.15) is 0 Å². The van der Waals surface area contributed by atoms with Crippen LogP contribution >= 0.6 is 11.3 Å². The second-order valence-electron chi connectivity index (χ2n) is 8.23.